The standard InChI is InChI=1S/C21H30N4O3.ClH/c1-14(24-21(26)20(22-2)16-12-23-25(3)13-16)15-9-10-18(19(11-15)27-4)28-17-7-5-6-8-17;/h9-14,17,20,22H,5-8H2,1-4H3,(H,24,26);1H. The number of carbonyl (C=O) groups excluding carboxylic acids is 1. The first-order chi connectivity index (χ1) is 13.5. The number of benzene rings is 1. The van der Waals surface area contributed by atoms with E-state index >= 15 is 0 Å². The second-order valence-corrected chi connectivity index (χ2v) is 7.33. The lowest BCUT2D eigenvalue weighted by Gasteiger charge is -2.21. The van der Waals surface area contributed by atoms with Crippen LogP contribution in [0.1, 0.15) is 55.8 Å². The number of rotatable bonds is 8. The maximum absolute atomic E-state index is 12.8. The molecule has 1 heterocycles. The average molecular weight is 423 g/mol. The molecular formula is C21H31ClN4O3. The van der Waals surface area contributed by atoms with Crippen molar-refractivity contribution in [3.8, 4) is 11.5 Å². The molecule has 0 saturated heterocycles. The fraction of sp³-hybridized carbons (Fsp3) is 0.524. The first-order valence-electron chi connectivity index (χ1n) is 9.82. The van der Waals surface area contributed by atoms with Crippen LogP contribution < -0.4 is 20.1 Å². The summed E-state index contributed by atoms with van der Waals surface area (Å²) in [4.78, 5) is 12.8. The van der Waals surface area contributed by atoms with Gasteiger partial charge in [0.25, 0.3) is 0 Å². The lowest BCUT2D eigenvalue weighted by molar-refractivity contribution is -0.123. The van der Waals surface area contributed by atoms with Gasteiger partial charge in [0.05, 0.1) is 25.5 Å². The van der Waals surface area contributed by atoms with Crippen molar-refractivity contribution >= 4 is 18.3 Å². The van der Waals surface area contributed by atoms with Crippen LogP contribution in [0.4, 0.5) is 0 Å². The van der Waals surface area contributed by atoms with Crippen LogP contribution in [0.5, 0.6) is 11.5 Å². The number of likely N-dealkylation sites (N-methyl/N-ethyl adjacent to an activating group) is 1. The normalized spacial score (nSPS) is 16.0. The molecule has 1 aliphatic carbocycles. The molecule has 160 valence electrons. The van der Waals surface area contributed by atoms with Crippen LogP contribution in [-0.2, 0) is 11.8 Å². The van der Waals surface area contributed by atoms with E-state index in [4.69, 9.17) is 9.47 Å². The largest absolute Gasteiger partial charge is 0.493 e. The number of nitrogens with zero attached hydrogens (tertiary/aromatic N) is 2. The molecule has 0 aliphatic heterocycles. The number of halogens is 1. The van der Waals surface area contributed by atoms with Crippen molar-refractivity contribution in [1.82, 2.24) is 20.4 Å². The third kappa shape index (κ3) is 5.64. The maximum Gasteiger partial charge on any atom is 0.242 e. The van der Waals surface area contributed by atoms with E-state index in [1.165, 1.54) is 12.8 Å². The molecule has 8 heteroatoms. The van der Waals surface area contributed by atoms with Gasteiger partial charge in [0.15, 0.2) is 11.5 Å². The molecule has 1 saturated carbocycles. The molecule has 2 unspecified atom stereocenters. The summed E-state index contributed by atoms with van der Waals surface area (Å²) in [5.41, 5.74) is 1.79. The van der Waals surface area contributed by atoms with E-state index in [2.05, 4.69) is 15.7 Å². The van der Waals surface area contributed by atoms with E-state index in [0.717, 1.165) is 29.7 Å². The fourth-order valence-electron chi connectivity index (χ4n) is 3.66. The molecule has 2 aromatic rings. The Morgan fingerprint density at radius 3 is 2.55 bits per heavy atom. The van der Waals surface area contributed by atoms with Gasteiger partial charge in [-0.3, -0.25) is 9.48 Å². The summed E-state index contributed by atoms with van der Waals surface area (Å²) < 4.78 is 13.3. The molecule has 0 bridgehead atoms. The van der Waals surface area contributed by atoms with Crippen molar-refractivity contribution in [2.24, 2.45) is 7.05 Å². The second kappa shape index (κ2) is 10.5. The summed E-state index contributed by atoms with van der Waals surface area (Å²) in [6.45, 7) is 1.96. The molecule has 2 atom stereocenters. The predicted molar refractivity (Wildman–Crippen MR) is 115 cm³/mol. The first kappa shape index (κ1) is 23.0. The minimum absolute atomic E-state index is 0. The summed E-state index contributed by atoms with van der Waals surface area (Å²) >= 11 is 0. The molecule has 0 spiro atoms. The van der Waals surface area contributed by atoms with Crippen LogP contribution in [0, 0.1) is 0 Å². The minimum atomic E-state index is -0.456. The van der Waals surface area contributed by atoms with Gasteiger partial charge >= 0.3 is 0 Å². The molecule has 1 aromatic heterocycles. The van der Waals surface area contributed by atoms with Crippen LogP contribution in [-0.4, -0.2) is 35.9 Å². The van der Waals surface area contributed by atoms with E-state index in [1.807, 2.05) is 38.4 Å². The summed E-state index contributed by atoms with van der Waals surface area (Å²) in [5, 5.41) is 10.3. The lowest BCUT2D eigenvalue weighted by Crippen LogP contribution is -2.37. The smallest absolute Gasteiger partial charge is 0.242 e. The summed E-state index contributed by atoms with van der Waals surface area (Å²) in [6.07, 6.45) is 8.43. The number of methoxy groups -OCH3 is 1. The number of carbonyl (C=O) groups is 1. The van der Waals surface area contributed by atoms with Gasteiger partial charge in [0.1, 0.15) is 6.04 Å². The molecule has 0 radical (unpaired) electrons. The van der Waals surface area contributed by atoms with Gasteiger partial charge < -0.3 is 20.1 Å². The van der Waals surface area contributed by atoms with Gasteiger partial charge in [0, 0.05) is 18.8 Å². The van der Waals surface area contributed by atoms with Gasteiger partial charge in [-0.25, -0.2) is 0 Å². The highest BCUT2D eigenvalue weighted by Gasteiger charge is 2.23. The highest BCUT2D eigenvalue weighted by molar-refractivity contribution is 5.85. The van der Waals surface area contributed by atoms with E-state index in [9.17, 15) is 4.79 Å². The zero-order valence-electron chi connectivity index (χ0n) is 17.5. The minimum Gasteiger partial charge on any atom is -0.493 e. The van der Waals surface area contributed by atoms with Crippen molar-refractivity contribution in [2.75, 3.05) is 14.2 Å². The number of hydrogen-bond acceptors (Lipinski definition) is 5. The van der Waals surface area contributed by atoms with E-state index in [-0.39, 0.29) is 30.5 Å². The number of hydrogen-bond donors (Lipinski definition) is 2. The summed E-state index contributed by atoms with van der Waals surface area (Å²) in [6, 6.07) is 5.23. The summed E-state index contributed by atoms with van der Waals surface area (Å²) in [7, 11) is 5.24. The third-order valence-corrected chi connectivity index (χ3v) is 5.25. The highest BCUT2D eigenvalue weighted by atomic mass is 35.5. The van der Waals surface area contributed by atoms with E-state index in [0.29, 0.717) is 5.75 Å². The zero-order valence-corrected chi connectivity index (χ0v) is 18.3. The molecule has 3 rings (SSSR count). The highest BCUT2D eigenvalue weighted by Crippen LogP contribution is 2.33. The topological polar surface area (TPSA) is 77.4 Å². The van der Waals surface area contributed by atoms with Crippen molar-refractivity contribution < 1.29 is 14.3 Å². The van der Waals surface area contributed by atoms with E-state index in [1.54, 1.807) is 25.0 Å². The number of ether oxygens (including phenoxy) is 2. The van der Waals surface area contributed by atoms with Crippen molar-refractivity contribution in [3.63, 3.8) is 0 Å². The van der Waals surface area contributed by atoms with Gasteiger partial charge in [-0.15, -0.1) is 12.4 Å². The molecule has 1 fully saturated rings. The fourth-order valence-corrected chi connectivity index (χ4v) is 3.66. The van der Waals surface area contributed by atoms with Gasteiger partial charge in [-0.2, -0.15) is 5.10 Å². The quantitative estimate of drug-likeness (QED) is 0.682. The molecule has 2 N–H and O–H groups in total. The maximum atomic E-state index is 12.8. The van der Waals surface area contributed by atoms with Gasteiger partial charge in [-0.05, 0) is 57.4 Å². The Labute approximate surface area is 178 Å². The second-order valence-electron chi connectivity index (χ2n) is 7.33. The lowest BCUT2D eigenvalue weighted by atomic mass is 10.1. The SMILES string of the molecule is CNC(C(=O)NC(C)c1ccc(OC2CCCC2)c(OC)c1)c1cnn(C)c1.Cl. The van der Waals surface area contributed by atoms with Gasteiger partial charge in [-0.1, -0.05) is 6.07 Å². The molecule has 7 nitrogen and oxygen atoms in total. The van der Waals surface area contributed by atoms with Crippen LogP contribution in [0.2, 0.25) is 0 Å². The number of amides is 1. The third-order valence-electron chi connectivity index (χ3n) is 5.25. The Balaban J connectivity index is 0.00000300. The monoisotopic (exact) mass is 422 g/mol. The number of nitrogens with one attached hydrogen (secondary N) is 2. The zero-order chi connectivity index (χ0) is 20.1. The molecule has 1 amide bonds. The Hall–Kier alpha value is -2.25. The van der Waals surface area contributed by atoms with Crippen LogP contribution in [0.25, 0.3) is 0 Å². The van der Waals surface area contributed by atoms with Crippen LogP contribution in [0.3, 0.4) is 0 Å². The van der Waals surface area contributed by atoms with Crippen molar-refractivity contribution in [3.05, 3.63) is 41.7 Å². The van der Waals surface area contributed by atoms with Gasteiger partial charge in [0.2, 0.25) is 5.91 Å². The Kier molecular flexibility index (Phi) is 8.34. The van der Waals surface area contributed by atoms with Crippen LogP contribution >= 0.6 is 12.4 Å². The Morgan fingerprint density at radius 2 is 1.97 bits per heavy atom. The van der Waals surface area contributed by atoms with Crippen molar-refractivity contribution in [1.29, 1.82) is 0 Å². The van der Waals surface area contributed by atoms with Crippen LogP contribution in [0.15, 0.2) is 30.6 Å². The predicted octanol–water partition coefficient (Wildman–Crippen LogP) is 3.31. The molecular weight excluding hydrogens is 392 g/mol. The number of aromatic nitrogens is 2. The molecule has 29 heavy (non-hydrogen) atoms. The number of aryl methyl sites for hydroxylation is 1. The Bertz CT molecular complexity index is 805. The average Bonchev–Trinajstić information content (AvgIpc) is 3.34. The van der Waals surface area contributed by atoms with Crippen molar-refractivity contribution in [2.45, 2.75) is 50.8 Å². The summed E-state index contributed by atoms with van der Waals surface area (Å²) in [5.74, 6) is 1.36. The van der Waals surface area contributed by atoms with E-state index < -0.39 is 6.04 Å². The first-order valence-corrected chi connectivity index (χ1v) is 9.82. The molecule has 1 aliphatic rings. The Morgan fingerprint density at radius 1 is 1.24 bits per heavy atom. The molecule has 1 aromatic carbocycles.